The fourth-order valence-corrected chi connectivity index (χ4v) is 3.15. The number of amides is 1. The Morgan fingerprint density at radius 2 is 1.77 bits per heavy atom. The van der Waals surface area contributed by atoms with Gasteiger partial charge in [-0.1, -0.05) is 20.8 Å². The normalized spacial score (nSPS) is 16.3. The lowest BCUT2D eigenvalue weighted by Crippen LogP contribution is -2.44. The minimum atomic E-state index is -0.941. The molecular formula is C19H37N2O5+. The number of carboxylic acid groups (broad SMARTS) is 1. The third-order valence-corrected chi connectivity index (χ3v) is 4.74. The fraction of sp³-hybridized carbons (Fsp3) is 0.842. The van der Waals surface area contributed by atoms with Crippen LogP contribution in [0, 0.1) is 17.3 Å². The maximum atomic E-state index is 12.8. The van der Waals surface area contributed by atoms with Gasteiger partial charge in [0, 0.05) is 18.4 Å². The monoisotopic (exact) mass is 373 g/mol. The van der Waals surface area contributed by atoms with E-state index in [1.54, 1.807) is 20.8 Å². The zero-order valence-corrected chi connectivity index (χ0v) is 17.4. The summed E-state index contributed by atoms with van der Waals surface area (Å²) >= 11 is 0. The Labute approximate surface area is 157 Å². The Morgan fingerprint density at radius 3 is 2.19 bits per heavy atom. The Hall–Kier alpha value is -1.63. The van der Waals surface area contributed by atoms with Crippen molar-refractivity contribution in [1.29, 1.82) is 0 Å². The third kappa shape index (κ3) is 8.65. The van der Waals surface area contributed by atoms with E-state index in [2.05, 4.69) is 26.5 Å². The summed E-state index contributed by atoms with van der Waals surface area (Å²) in [5.41, 5.74) is -0.941. The minimum Gasteiger partial charge on any atom is -0.481 e. The number of carboxylic acids is 1. The summed E-state index contributed by atoms with van der Waals surface area (Å²) in [6, 6.07) is 0. The summed E-state index contributed by atoms with van der Waals surface area (Å²) in [6.45, 7) is 6.69. The number of esters is 1. The highest BCUT2D eigenvalue weighted by atomic mass is 16.5. The predicted octanol–water partition coefficient (Wildman–Crippen LogP) is 1.91. The van der Waals surface area contributed by atoms with Crippen LogP contribution >= 0.6 is 0 Å². The van der Waals surface area contributed by atoms with E-state index >= 15 is 0 Å². The Bertz CT molecular complexity index is 487. The molecule has 0 aliphatic rings. The van der Waals surface area contributed by atoms with Crippen LogP contribution in [0.25, 0.3) is 0 Å². The highest BCUT2D eigenvalue weighted by molar-refractivity contribution is 5.84. The Balaban J connectivity index is 5.13. The second-order valence-electron chi connectivity index (χ2n) is 8.46. The average molecular weight is 374 g/mol. The van der Waals surface area contributed by atoms with Crippen molar-refractivity contribution in [2.24, 2.45) is 17.3 Å². The van der Waals surface area contributed by atoms with Gasteiger partial charge in [0.1, 0.15) is 0 Å². The first-order valence-corrected chi connectivity index (χ1v) is 9.25. The van der Waals surface area contributed by atoms with E-state index in [1.165, 1.54) is 7.11 Å². The van der Waals surface area contributed by atoms with Crippen molar-refractivity contribution < 1.29 is 28.7 Å². The number of nitrogens with one attached hydrogen (secondary N) is 1. The molecule has 0 aromatic carbocycles. The minimum absolute atomic E-state index is 0.196. The van der Waals surface area contributed by atoms with E-state index in [4.69, 9.17) is 4.74 Å². The predicted molar refractivity (Wildman–Crippen MR) is 100 cm³/mol. The number of quaternary nitrogens is 1. The number of rotatable bonds is 12. The maximum absolute atomic E-state index is 12.8. The van der Waals surface area contributed by atoms with E-state index < -0.39 is 29.2 Å². The van der Waals surface area contributed by atoms with Crippen molar-refractivity contribution in [3.8, 4) is 0 Å². The number of nitrogens with zero attached hydrogens (tertiary/aromatic N) is 1. The molecule has 3 unspecified atom stereocenters. The van der Waals surface area contributed by atoms with Crippen LogP contribution in [0.2, 0.25) is 0 Å². The molecule has 3 atom stereocenters. The van der Waals surface area contributed by atoms with Crippen LogP contribution in [-0.2, 0) is 19.1 Å². The van der Waals surface area contributed by atoms with Crippen LogP contribution in [0.4, 0.5) is 0 Å². The SMILES string of the molecule is CCC(CC(C)(CC(C)C(=O)OC)C(=O)NCCC[N+](C)(C)C)C(=O)O. The van der Waals surface area contributed by atoms with Gasteiger partial charge in [-0.05, 0) is 19.3 Å². The smallest absolute Gasteiger partial charge is 0.308 e. The van der Waals surface area contributed by atoms with Crippen molar-refractivity contribution in [1.82, 2.24) is 5.32 Å². The van der Waals surface area contributed by atoms with Gasteiger partial charge in [-0.15, -0.1) is 0 Å². The first-order chi connectivity index (χ1) is 11.9. The second kappa shape index (κ2) is 10.5. The van der Waals surface area contributed by atoms with E-state index in [0.717, 1.165) is 17.4 Å². The number of carbonyl (C=O) groups excluding carboxylic acids is 2. The van der Waals surface area contributed by atoms with Gasteiger partial charge in [-0.25, -0.2) is 0 Å². The number of ether oxygens (including phenoxy) is 1. The quantitative estimate of drug-likeness (QED) is 0.310. The molecule has 1 amide bonds. The highest BCUT2D eigenvalue weighted by Gasteiger charge is 2.39. The van der Waals surface area contributed by atoms with Gasteiger partial charge < -0.3 is 19.6 Å². The highest BCUT2D eigenvalue weighted by Crippen LogP contribution is 2.35. The van der Waals surface area contributed by atoms with Gasteiger partial charge in [0.15, 0.2) is 0 Å². The average Bonchev–Trinajstić information content (AvgIpc) is 2.54. The number of hydrogen-bond donors (Lipinski definition) is 2. The van der Waals surface area contributed by atoms with Gasteiger partial charge in [0.25, 0.3) is 0 Å². The number of hydrogen-bond acceptors (Lipinski definition) is 4. The van der Waals surface area contributed by atoms with Gasteiger partial charge >= 0.3 is 11.9 Å². The van der Waals surface area contributed by atoms with Gasteiger partial charge in [-0.3, -0.25) is 14.4 Å². The van der Waals surface area contributed by atoms with E-state index in [9.17, 15) is 19.5 Å². The lowest BCUT2D eigenvalue weighted by Gasteiger charge is -2.32. The van der Waals surface area contributed by atoms with Crippen LogP contribution in [0.1, 0.15) is 46.5 Å². The molecule has 0 bridgehead atoms. The molecule has 0 rings (SSSR count). The molecule has 0 radical (unpaired) electrons. The molecule has 0 aliphatic heterocycles. The summed E-state index contributed by atoms with van der Waals surface area (Å²) in [6.07, 6.45) is 1.71. The van der Waals surface area contributed by atoms with Crippen molar-refractivity contribution in [2.45, 2.75) is 46.5 Å². The van der Waals surface area contributed by atoms with E-state index in [0.29, 0.717) is 13.0 Å². The topological polar surface area (TPSA) is 92.7 Å². The van der Waals surface area contributed by atoms with Gasteiger partial charge in [0.05, 0.1) is 46.6 Å². The number of aliphatic carboxylic acids is 1. The van der Waals surface area contributed by atoms with Crippen molar-refractivity contribution in [2.75, 3.05) is 41.3 Å². The molecule has 7 heteroatoms. The van der Waals surface area contributed by atoms with Gasteiger partial charge in [-0.2, -0.15) is 0 Å². The van der Waals surface area contributed by atoms with Gasteiger partial charge in [0.2, 0.25) is 5.91 Å². The van der Waals surface area contributed by atoms with E-state index in [-0.39, 0.29) is 18.7 Å². The molecule has 0 spiro atoms. The van der Waals surface area contributed by atoms with Crippen LogP contribution < -0.4 is 5.32 Å². The van der Waals surface area contributed by atoms with Crippen LogP contribution in [0.5, 0.6) is 0 Å². The largest absolute Gasteiger partial charge is 0.481 e. The van der Waals surface area contributed by atoms with Crippen molar-refractivity contribution >= 4 is 17.8 Å². The fourth-order valence-electron chi connectivity index (χ4n) is 3.15. The van der Waals surface area contributed by atoms with Crippen LogP contribution in [0.15, 0.2) is 0 Å². The standard InChI is InChI=1S/C19H36N2O5/c1-8-15(16(22)23)13-19(3,12-14(2)17(24)26-7)18(25)20-10-9-11-21(4,5)6/h14-15H,8-13H2,1-7H3,(H-,20,22,23,25)/p+1. The zero-order chi connectivity index (χ0) is 20.5. The molecule has 0 aromatic heterocycles. The summed E-state index contributed by atoms with van der Waals surface area (Å²) in [7, 11) is 7.57. The molecule has 0 heterocycles. The second-order valence-corrected chi connectivity index (χ2v) is 8.46. The first kappa shape index (κ1) is 24.4. The molecule has 26 heavy (non-hydrogen) atoms. The van der Waals surface area contributed by atoms with E-state index in [1.807, 2.05) is 0 Å². The zero-order valence-electron chi connectivity index (χ0n) is 17.4. The number of carbonyl (C=O) groups is 3. The Morgan fingerprint density at radius 1 is 1.19 bits per heavy atom. The summed E-state index contributed by atoms with van der Waals surface area (Å²) in [5, 5.41) is 12.3. The molecule has 0 saturated heterocycles. The van der Waals surface area contributed by atoms with Crippen LogP contribution in [-0.4, -0.2) is 68.8 Å². The number of methoxy groups -OCH3 is 1. The first-order valence-electron chi connectivity index (χ1n) is 9.25. The lowest BCUT2D eigenvalue weighted by molar-refractivity contribution is -0.870. The third-order valence-electron chi connectivity index (χ3n) is 4.74. The summed E-state index contributed by atoms with van der Waals surface area (Å²) in [4.78, 5) is 36.1. The van der Waals surface area contributed by atoms with Crippen molar-refractivity contribution in [3.63, 3.8) is 0 Å². The van der Waals surface area contributed by atoms with Crippen molar-refractivity contribution in [3.05, 3.63) is 0 Å². The maximum Gasteiger partial charge on any atom is 0.308 e. The molecule has 0 aliphatic carbocycles. The molecule has 0 aromatic rings. The molecule has 7 nitrogen and oxygen atoms in total. The molecule has 2 N–H and O–H groups in total. The molecular weight excluding hydrogens is 336 g/mol. The summed E-state index contributed by atoms with van der Waals surface area (Å²) < 4.78 is 5.57. The van der Waals surface area contributed by atoms with Crippen LogP contribution in [0.3, 0.4) is 0 Å². The summed E-state index contributed by atoms with van der Waals surface area (Å²) in [5.74, 6) is -2.61. The Kier molecular flexibility index (Phi) is 9.84. The molecule has 152 valence electrons. The molecule has 0 saturated carbocycles. The lowest BCUT2D eigenvalue weighted by atomic mass is 9.73. The molecule has 0 fully saturated rings.